The normalized spacial score (nSPS) is 12.5. The molecule has 3 rings (SSSR count). The van der Waals surface area contributed by atoms with Crippen LogP contribution in [0.5, 0.6) is 5.75 Å². The van der Waals surface area contributed by atoms with Crippen molar-refractivity contribution in [1.82, 2.24) is 4.98 Å². The molecule has 0 aliphatic heterocycles. The zero-order valence-corrected chi connectivity index (χ0v) is 11.9. The molecule has 1 heterocycles. The highest BCUT2D eigenvalue weighted by Crippen LogP contribution is 2.34. The van der Waals surface area contributed by atoms with Crippen LogP contribution in [0.4, 0.5) is 0 Å². The predicted molar refractivity (Wildman–Crippen MR) is 80.5 cm³/mol. The van der Waals surface area contributed by atoms with Gasteiger partial charge in [-0.1, -0.05) is 18.2 Å². The summed E-state index contributed by atoms with van der Waals surface area (Å²) in [4.78, 5) is 26.8. The van der Waals surface area contributed by atoms with Crippen LogP contribution < -0.4 is 4.74 Å². The molecule has 1 aliphatic rings. The molecular formula is C17H13NO4. The van der Waals surface area contributed by atoms with Gasteiger partial charge in [0.05, 0.1) is 18.4 Å². The highest BCUT2D eigenvalue weighted by Gasteiger charge is 2.27. The van der Waals surface area contributed by atoms with Crippen LogP contribution in [0, 0.1) is 0 Å². The smallest absolute Gasteiger partial charge is 0.377 e. The number of nitrogens with zero attached hydrogens (tertiary/aromatic N) is 1. The molecule has 0 bridgehead atoms. The average Bonchev–Trinajstić information content (AvgIpc) is 2.98. The van der Waals surface area contributed by atoms with E-state index in [0.29, 0.717) is 12.1 Å². The Balaban J connectivity index is 2.04. The minimum absolute atomic E-state index is 0.165. The fraction of sp³-hybridized carbons (Fsp3) is 0.118. The Bertz CT molecular complexity index is 791. The third kappa shape index (κ3) is 2.26. The minimum Gasteiger partial charge on any atom is -0.497 e. The summed E-state index contributed by atoms with van der Waals surface area (Å²) in [5.41, 5.74) is 3.41. The van der Waals surface area contributed by atoms with Crippen LogP contribution in [0.25, 0.3) is 16.7 Å². The predicted octanol–water partition coefficient (Wildman–Crippen LogP) is 2.35. The van der Waals surface area contributed by atoms with Gasteiger partial charge < -0.3 is 9.84 Å². The zero-order chi connectivity index (χ0) is 15.7. The number of allylic oxidation sites excluding steroid dienone is 1. The van der Waals surface area contributed by atoms with Crippen LogP contribution in [0.2, 0.25) is 0 Å². The van der Waals surface area contributed by atoms with Gasteiger partial charge in [-0.05, 0) is 41.3 Å². The van der Waals surface area contributed by atoms with Gasteiger partial charge >= 0.3 is 5.97 Å². The van der Waals surface area contributed by atoms with Gasteiger partial charge in [-0.15, -0.1) is 0 Å². The number of carbonyl (C=O) groups is 2. The van der Waals surface area contributed by atoms with Crippen molar-refractivity contribution in [2.45, 2.75) is 6.42 Å². The molecule has 0 saturated carbocycles. The highest BCUT2D eigenvalue weighted by atomic mass is 16.5. The first-order chi connectivity index (χ1) is 10.6. The number of aromatic nitrogens is 1. The fourth-order valence-electron chi connectivity index (χ4n) is 2.59. The second-order valence-electron chi connectivity index (χ2n) is 4.87. The van der Waals surface area contributed by atoms with Gasteiger partial charge in [-0.25, -0.2) is 4.79 Å². The van der Waals surface area contributed by atoms with Gasteiger partial charge in [0.2, 0.25) is 0 Å². The molecule has 0 fully saturated rings. The summed E-state index contributed by atoms with van der Waals surface area (Å²) in [7, 11) is 1.60. The Morgan fingerprint density at radius 2 is 1.91 bits per heavy atom. The van der Waals surface area contributed by atoms with Gasteiger partial charge in [0.25, 0.3) is 5.78 Å². The van der Waals surface area contributed by atoms with E-state index in [-0.39, 0.29) is 5.57 Å². The number of carboxylic acids is 1. The van der Waals surface area contributed by atoms with Crippen LogP contribution in [0.1, 0.15) is 11.3 Å². The van der Waals surface area contributed by atoms with E-state index in [1.54, 1.807) is 19.4 Å². The summed E-state index contributed by atoms with van der Waals surface area (Å²) in [6, 6.07) is 9.42. The number of ketones is 1. The molecule has 1 aliphatic carbocycles. The summed E-state index contributed by atoms with van der Waals surface area (Å²) in [6.45, 7) is 0. The third-order valence-corrected chi connectivity index (χ3v) is 3.66. The van der Waals surface area contributed by atoms with E-state index >= 15 is 0 Å². The molecule has 0 unspecified atom stereocenters. The number of hydrogen-bond donors (Lipinski definition) is 1. The second-order valence-corrected chi connectivity index (χ2v) is 4.87. The first-order valence-electron chi connectivity index (χ1n) is 6.72. The molecule has 110 valence electrons. The molecule has 0 atom stereocenters. The number of Topliss-reactive ketones (excluding diaryl/α,β-unsaturated/α-hetero) is 1. The van der Waals surface area contributed by atoms with E-state index in [2.05, 4.69) is 4.98 Å². The highest BCUT2D eigenvalue weighted by molar-refractivity contribution is 6.51. The number of carboxylic acid groups (broad SMARTS) is 1. The molecule has 1 aromatic heterocycles. The Hall–Kier alpha value is -2.95. The van der Waals surface area contributed by atoms with Crippen LogP contribution in [-0.2, 0) is 16.0 Å². The Morgan fingerprint density at radius 1 is 1.18 bits per heavy atom. The first kappa shape index (κ1) is 14.0. The van der Waals surface area contributed by atoms with E-state index in [1.807, 2.05) is 30.3 Å². The zero-order valence-electron chi connectivity index (χ0n) is 11.9. The van der Waals surface area contributed by atoms with Crippen LogP contribution in [0.15, 0.2) is 42.6 Å². The molecule has 0 amide bonds. The van der Waals surface area contributed by atoms with Gasteiger partial charge in [0, 0.05) is 6.20 Å². The number of rotatable bonds is 4. The lowest BCUT2D eigenvalue weighted by Gasteiger charge is -2.09. The SMILES string of the molecule is COc1ccc(-c2ccnc3c2CC=C3C(=O)C(=O)O)cc1. The van der Waals surface area contributed by atoms with E-state index < -0.39 is 11.8 Å². The van der Waals surface area contributed by atoms with Crippen molar-refractivity contribution < 1.29 is 19.4 Å². The lowest BCUT2D eigenvalue weighted by atomic mass is 9.98. The number of methoxy groups -OCH3 is 1. The second kappa shape index (κ2) is 5.44. The maximum absolute atomic E-state index is 11.7. The van der Waals surface area contributed by atoms with Crippen molar-refractivity contribution in [3.63, 3.8) is 0 Å². The molecule has 0 saturated heterocycles. The van der Waals surface area contributed by atoms with E-state index in [0.717, 1.165) is 22.4 Å². The standard InChI is InChI=1S/C17H13NO4/c1-22-11-4-2-10(3-5-11)12-8-9-18-15-13(12)6-7-14(15)16(19)17(20)21/h2-5,7-9H,6H2,1H3,(H,20,21). The quantitative estimate of drug-likeness (QED) is 0.876. The minimum atomic E-state index is -1.46. The average molecular weight is 295 g/mol. The molecule has 5 heteroatoms. The van der Waals surface area contributed by atoms with Gasteiger partial charge in [-0.3, -0.25) is 9.78 Å². The van der Waals surface area contributed by atoms with E-state index in [9.17, 15) is 9.59 Å². The lowest BCUT2D eigenvalue weighted by molar-refractivity contribution is -0.146. The van der Waals surface area contributed by atoms with Crippen molar-refractivity contribution in [2.24, 2.45) is 0 Å². The molecule has 0 spiro atoms. The van der Waals surface area contributed by atoms with Gasteiger partial charge in [-0.2, -0.15) is 0 Å². The largest absolute Gasteiger partial charge is 0.497 e. The summed E-state index contributed by atoms with van der Waals surface area (Å²) < 4.78 is 5.14. The number of ether oxygens (including phenoxy) is 1. The molecule has 5 nitrogen and oxygen atoms in total. The van der Waals surface area contributed by atoms with Crippen molar-refractivity contribution in [3.8, 4) is 16.9 Å². The molecule has 0 radical (unpaired) electrons. The van der Waals surface area contributed by atoms with Gasteiger partial charge in [0.15, 0.2) is 0 Å². The third-order valence-electron chi connectivity index (χ3n) is 3.66. The molecule has 1 aromatic carbocycles. The summed E-state index contributed by atoms with van der Waals surface area (Å²) in [5, 5.41) is 8.88. The van der Waals surface area contributed by atoms with Gasteiger partial charge in [0.1, 0.15) is 5.75 Å². The maximum atomic E-state index is 11.7. The fourth-order valence-corrected chi connectivity index (χ4v) is 2.59. The van der Waals surface area contributed by atoms with Crippen LogP contribution >= 0.6 is 0 Å². The molecule has 22 heavy (non-hydrogen) atoms. The van der Waals surface area contributed by atoms with Crippen molar-refractivity contribution in [1.29, 1.82) is 0 Å². The Morgan fingerprint density at radius 3 is 2.55 bits per heavy atom. The van der Waals surface area contributed by atoms with Crippen LogP contribution in [-0.4, -0.2) is 29.0 Å². The molecule has 2 aromatic rings. The molecular weight excluding hydrogens is 282 g/mol. The van der Waals surface area contributed by atoms with Crippen molar-refractivity contribution in [3.05, 3.63) is 53.9 Å². The summed E-state index contributed by atoms with van der Waals surface area (Å²) in [6.07, 6.45) is 3.72. The molecule has 1 N–H and O–H groups in total. The number of benzene rings is 1. The Kier molecular flexibility index (Phi) is 3.47. The van der Waals surface area contributed by atoms with Crippen molar-refractivity contribution in [2.75, 3.05) is 7.11 Å². The summed E-state index contributed by atoms with van der Waals surface area (Å²) in [5.74, 6) is -1.62. The Labute approximate surface area is 126 Å². The number of aliphatic carboxylic acids is 1. The number of fused-ring (bicyclic) bond motifs is 1. The number of pyridine rings is 1. The number of carbonyl (C=O) groups excluding carboxylic acids is 1. The first-order valence-corrected chi connectivity index (χ1v) is 6.72. The monoisotopic (exact) mass is 295 g/mol. The van der Waals surface area contributed by atoms with E-state index in [1.165, 1.54) is 0 Å². The maximum Gasteiger partial charge on any atom is 0.377 e. The van der Waals surface area contributed by atoms with Crippen molar-refractivity contribution >= 4 is 17.3 Å². The summed E-state index contributed by atoms with van der Waals surface area (Å²) >= 11 is 0. The lowest BCUT2D eigenvalue weighted by Crippen LogP contribution is -2.14. The topological polar surface area (TPSA) is 76.5 Å². The van der Waals surface area contributed by atoms with E-state index in [4.69, 9.17) is 9.84 Å². The number of hydrogen-bond acceptors (Lipinski definition) is 4. The van der Waals surface area contributed by atoms with Crippen LogP contribution in [0.3, 0.4) is 0 Å².